The minimum atomic E-state index is -0.731. The molecule has 0 spiro atoms. The summed E-state index contributed by atoms with van der Waals surface area (Å²) in [5.41, 5.74) is 1.14. The molecule has 2 nitrogen and oxygen atoms in total. The zero-order valence-corrected chi connectivity index (χ0v) is 9.25. The molecular weight excluding hydrogens is 208 g/mol. The first-order valence-electron chi connectivity index (χ1n) is 4.86. The molecule has 0 saturated heterocycles. The number of fused-ring (bicyclic) bond motifs is 1. The van der Waals surface area contributed by atoms with E-state index in [1.807, 2.05) is 12.1 Å². The zero-order chi connectivity index (χ0) is 10.8. The van der Waals surface area contributed by atoms with Crippen LogP contribution in [0, 0.1) is 5.92 Å². The summed E-state index contributed by atoms with van der Waals surface area (Å²) >= 11 is 1.67. The van der Waals surface area contributed by atoms with Crippen LogP contribution in [0.1, 0.15) is 12.5 Å². The first-order valence-corrected chi connectivity index (χ1v) is 5.74. The molecule has 1 heterocycles. The van der Waals surface area contributed by atoms with Crippen molar-refractivity contribution in [3.63, 3.8) is 0 Å². The molecule has 0 bridgehead atoms. The summed E-state index contributed by atoms with van der Waals surface area (Å²) in [7, 11) is 0. The van der Waals surface area contributed by atoms with Crippen molar-refractivity contribution in [2.75, 3.05) is 0 Å². The van der Waals surface area contributed by atoms with E-state index in [0.29, 0.717) is 6.42 Å². The van der Waals surface area contributed by atoms with Gasteiger partial charge in [0.05, 0.1) is 5.92 Å². The molecule has 3 heteroatoms. The molecule has 0 aliphatic carbocycles. The SMILES string of the molecule is C[C@H](Cc1csc2ccccc12)C(=O)O. The summed E-state index contributed by atoms with van der Waals surface area (Å²) in [6.45, 7) is 1.74. The summed E-state index contributed by atoms with van der Waals surface area (Å²) in [6.07, 6.45) is 0.610. The van der Waals surface area contributed by atoms with Crippen LogP contribution in [0.15, 0.2) is 29.6 Å². The fourth-order valence-electron chi connectivity index (χ4n) is 1.61. The lowest BCUT2D eigenvalue weighted by Crippen LogP contribution is -2.11. The Morgan fingerprint density at radius 3 is 2.93 bits per heavy atom. The molecule has 0 fully saturated rings. The minimum absolute atomic E-state index is 0.317. The summed E-state index contributed by atoms with van der Waals surface area (Å²) in [5.74, 6) is -1.05. The van der Waals surface area contributed by atoms with Gasteiger partial charge in [-0.25, -0.2) is 0 Å². The fourth-order valence-corrected chi connectivity index (χ4v) is 2.58. The Labute approximate surface area is 92.2 Å². The van der Waals surface area contributed by atoms with E-state index in [1.165, 1.54) is 10.1 Å². The van der Waals surface area contributed by atoms with Gasteiger partial charge >= 0.3 is 5.97 Å². The van der Waals surface area contributed by atoms with Crippen LogP contribution in [0.5, 0.6) is 0 Å². The third-order valence-corrected chi connectivity index (χ3v) is 3.52. The summed E-state index contributed by atoms with van der Waals surface area (Å²) in [5, 5.41) is 12.1. The highest BCUT2D eigenvalue weighted by Crippen LogP contribution is 2.27. The van der Waals surface area contributed by atoms with Crippen molar-refractivity contribution < 1.29 is 9.90 Å². The van der Waals surface area contributed by atoms with Crippen LogP contribution in [-0.4, -0.2) is 11.1 Å². The van der Waals surface area contributed by atoms with E-state index in [0.717, 1.165) is 5.56 Å². The van der Waals surface area contributed by atoms with E-state index in [2.05, 4.69) is 17.5 Å². The Kier molecular flexibility index (Phi) is 2.73. The molecule has 15 heavy (non-hydrogen) atoms. The molecule has 0 radical (unpaired) electrons. The van der Waals surface area contributed by atoms with Gasteiger partial charge in [-0.3, -0.25) is 4.79 Å². The van der Waals surface area contributed by atoms with Gasteiger partial charge in [-0.2, -0.15) is 0 Å². The van der Waals surface area contributed by atoms with Gasteiger partial charge in [-0.15, -0.1) is 11.3 Å². The van der Waals surface area contributed by atoms with Gasteiger partial charge in [0.1, 0.15) is 0 Å². The van der Waals surface area contributed by atoms with Gasteiger partial charge in [0.25, 0.3) is 0 Å². The quantitative estimate of drug-likeness (QED) is 0.862. The number of hydrogen-bond acceptors (Lipinski definition) is 2. The second kappa shape index (κ2) is 4.03. The highest BCUT2D eigenvalue weighted by molar-refractivity contribution is 7.17. The molecule has 1 N–H and O–H groups in total. The van der Waals surface area contributed by atoms with Crippen LogP contribution in [0.25, 0.3) is 10.1 Å². The molecule has 0 amide bonds. The number of rotatable bonds is 3. The second-order valence-electron chi connectivity index (χ2n) is 3.70. The number of aliphatic carboxylic acids is 1. The van der Waals surface area contributed by atoms with Crippen molar-refractivity contribution in [1.29, 1.82) is 0 Å². The van der Waals surface area contributed by atoms with E-state index in [9.17, 15) is 4.79 Å². The standard InChI is InChI=1S/C12H12O2S/c1-8(12(13)14)6-9-7-15-11-5-3-2-4-10(9)11/h2-5,7-8H,6H2,1H3,(H,13,14)/t8-/m1/s1. The lowest BCUT2D eigenvalue weighted by Gasteiger charge is -2.04. The van der Waals surface area contributed by atoms with Crippen molar-refractivity contribution in [3.8, 4) is 0 Å². The first-order chi connectivity index (χ1) is 7.18. The smallest absolute Gasteiger partial charge is 0.306 e. The monoisotopic (exact) mass is 220 g/mol. The molecule has 1 aromatic carbocycles. The Morgan fingerprint density at radius 1 is 1.47 bits per heavy atom. The molecule has 78 valence electrons. The molecule has 1 atom stereocenters. The highest BCUT2D eigenvalue weighted by Gasteiger charge is 2.13. The first kappa shape index (κ1) is 10.2. The average Bonchev–Trinajstić information content (AvgIpc) is 2.62. The largest absolute Gasteiger partial charge is 0.481 e. The maximum Gasteiger partial charge on any atom is 0.306 e. The van der Waals surface area contributed by atoms with Crippen LogP contribution in [0.3, 0.4) is 0 Å². The molecule has 0 aliphatic heterocycles. The normalized spacial score (nSPS) is 12.9. The number of carboxylic acids is 1. The van der Waals surface area contributed by atoms with E-state index >= 15 is 0 Å². The predicted octanol–water partition coefficient (Wildman–Crippen LogP) is 3.16. The molecule has 0 unspecified atom stereocenters. The van der Waals surface area contributed by atoms with Gasteiger partial charge in [-0.1, -0.05) is 25.1 Å². The van der Waals surface area contributed by atoms with Crippen LogP contribution in [0.4, 0.5) is 0 Å². The lowest BCUT2D eigenvalue weighted by molar-refractivity contribution is -0.141. The van der Waals surface area contributed by atoms with Crippen LogP contribution >= 0.6 is 11.3 Å². The molecule has 2 aromatic rings. The van der Waals surface area contributed by atoms with Crippen molar-refractivity contribution in [2.24, 2.45) is 5.92 Å². The number of benzene rings is 1. The van der Waals surface area contributed by atoms with Crippen molar-refractivity contribution >= 4 is 27.4 Å². The molecule has 2 rings (SSSR count). The van der Waals surface area contributed by atoms with Gasteiger partial charge in [0.15, 0.2) is 0 Å². The van der Waals surface area contributed by atoms with Crippen molar-refractivity contribution in [1.82, 2.24) is 0 Å². The topological polar surface area (TPSA) is 37.3 Å². The average molecular weight is 220 g/mol. The van der Waals surface area contributed by atoms with E-state index in [4.69, 9.17) is 5.11 Å². The third-order valence-electron chi connectivity index (χ3n) is 2.51. The molecular formula is C12H12O2S. The Hall–Kier alpha value is -1.35. The number of carboxylic acid groups (broad SMARTS) is 1. The van der Waals surface area contributed by atoms with Gasteiger partial charge in [0, 0.05) is 4.70 Å². The van der Waals surface area contributed by atoms with Crippen LogP contribution in [0.2, 0.25) is 0 Å². The van der Waals surface area contributed by atoms with Crippen LogP contribution in [-0.2, 0) is 11.2 Å². The Morgan fingerprint density at radius 2 is 2.20 bits per heavy atom. The van der Waals surface area contributed by atoms with Gasteiger partial charge < -0.3 is 5.11 Å². The molecule has 1 aromatic heterocycles. The number of thiophene rings is 1. The maximum absolute atomic E-state index is 10.8. The lowest BCUT2D eigenvalue weighted by atomic mass is 10.0. The molecule has 0 aliphatic rings. The maximum atomic E-state index is 10.8. The summed E-state index contributed by atoms with van der Waals surface area (Å²) < 4.78 is 1.23. The van der Waals surface area contributed by atoms with Gasteiger partial charge in [0.2, 0.25) is 0 Å². The highest BCUT2D eigenvalue weighted by atomic mass is 32.1. The predicted molar refractivity (Wildman–Crippen MR) is 62.3 cm³/mol. The van der Waals surface area contributed by atoms with E-state index in [1.54, 1.807) is 18.3 Å². The minimum Gasteiger partial charge on any atom is -0.481 e. The van der Waals surface area contributed by atoms with Crippen molar-refractivity contribution in [3.05, 3.63) is 35.2 Å². The van der Waals surface area contributed by atoms with Crippen LogP contribution < -0.4 is 0 Å². The Bertz CT molecular complexity index is 487. The van der Waals surface area contributed by atoms with E-state index in [-0.39, 0.29) is 5.92 Å². The molecule has 0 saturated carbocycles. The van der Waals surface area contributed by atoms with Crippen molar-refractivity contribution in [2.45, 2.75) is 13.3 Å². The Balaban J connectivity index is 2.32. The van der Waals surface area contributed by atoms with E-state index < -0.39 is 5.97 Å². The second-order valence-corrected chi connectivity index (χ2v) is 4.61. The fraction of sp³-hybridized carbons (Fsp3) is 0.250. The summed E-state index contributed by atoms with van der Waals surface area (Å²) in [6, 6.07) is 8.11. The third kappa shape index (κ3) is 2.02. The number of carbonyl (C=O) groups is 1. The van der Waals surface area contributed by atoms with Gasteiger partial charge in [-0.05, 0) is 28.8 Å². The number of hydrogen-bond donors (Lipinski definition) is 1. The zero-order valence-electron chi connectivity index (χ0n) is 8.43. The summed E-state index contributed by atoms with van der Waals surface area (Å²) in [4.78, 5) is 10.8.